The van der Waals surface area contributed by atoms with Gasteiger partial charge in [-0.25, -0.2) is 9.59 Å². The Hall–Kier alpha value is -2.73. The third-order valence-electron chi connectivity index (χ3n) is 4.86. The Kier molecular flexibility index (Phi) is 6.99. The molecule has 154 valence electrons. The Morgan fingerprint density at radius 1 is 1.21 bits per heavy atom. The minimum Gasteiger partial charge on any atom is -0.482 e. The monoisotopic (exact) mass is 417 g/mol. The largest absolute Gasteiger partial charge is 0.482 e. The molecule has 2 aromatic rings. The molecule has 6 nitrogen and oxygen atoms in total. The molecule has 0 aliphatic carbocycles. The van der Waals surface area contributed by atoms with Crippen LogP contribution in [0.2, 0.25) is 5.02 Å². The molecule has 1 unspecified atom stereocenters. The second-order valence-electron chi connectivity index (χ2n) is 6.88. The van der Waals surface area contributed by atoms with Crippen LogP contribution in [0.25, 0.3) is 0 Å². The summed E-state index contributed by atoms with van der Waals surface area (Å²) < 4.78 is 11.0. The first-order valence-corrected chi connectivity index (χ1v) is 10.0. The van der Waals surface area contributed by atoms with Crippen LogP contribution in [0.1, 0.15) is 42.5 Å². The lowest BCUT2D eigenvalue weighted by Gasteiger charge is -2.37. The van der Waals surface area contributed by atoms with Gasteiger partial charge in [0.1, 0.15) is 5.75 Å². The number of carbonyl (C=O) groups excluding carboxylic acids is 1. The lowest BCUT2D eigenvalue weighted by atomic mass is 9.88. The van der Waals surface area contributed by atoms with Crippen molar-refractivity contribution in [2.75, 3.05) is 19.8 Å². The van der Waals surface area contributed by atoms with Crippen LogP contribution in [0.4, 0.5) is 4.79 Å². The Bertz CT molecular complexity index is 885. The minimum absolute atomic E-state index is 0.359. The fourth-order valence-corrected chi connectivity index (χ4v) is 3.67. The molecule has 0 spiro atoms. The summed E-state index contributed by atoms with van der Waals surface area (Å²) in [6.07, 6.45) is 2.04. The van der Waals surface area contributed by atoms with Gasteiger partial charge in [-0.05, 0) is 42.2 Å². The zero-order valence-corrected chi connectivity index (χ0v) is 17.0. The van der Waals surface area contributed by atoms with Crippen molar-refractivity contribution in [2.45, 2.75) is 32.2 Å². The van der Waals surface area contributed by atoms with Gasteiger partial charge in [0, 0.05) is 17.1 Å². The molecule has 0 aromatic heterocycles. The third kappa shape index (κ3) is 5.01. The van der Waals surface area contributed by atoms with Crippen LogP contribution in [-0.4, -0.2) is 41.8 Å². The topological polar surface area (TPSA) is 76.1 Å². The number of halogens is 1. The Labute approximate surface area is 175 Å². The summed E-state index contributed by atoms with van der Waals surface area (Å²) in [5.74, 6) is -0.698. The van der Waals surface area contributed by atoms with E-state index >= 15 is 0 Å². The molecule has 3 rings (SSSR count). The second-order valence-corrected chi connectivity index (χ2v) is 7.31. The first-order valence-electron chi connectivity index (χ1n) is 9.66. The van der Waals surface area contributed by atoms with Crippen LogP contribution >= 0.6 is 11.6 Å². The zero-order valence-electron chi connectivity index (χ0n) is 16.3. The SMILES string of the molecule is CCCCOC(=O)N1CCc2ccccc2C1c1cc(Cl)ccc1OCC(=O)O. The molecule has 0 radical (unpaired) electrons. The van der Waals surface area contributed by atoms with Crippen LogP contribution in [0.3, 0.4) is 0 Å². The number of carbonyl (C=O) groups is 2. The number of carboxylic acids is 1. The van der Waals surface area contributed by atoms with Gasteiger partial charge in [0.2, 0.25) is 0 Å². The molecule has 1 heterocycles. The fraction of sp³-hybridized carbons (Fsp3) is 0.364. The van der Waals surface area contributed by atoms with Gasteiger partial charge in [-0.3, -0.25) is 4.90 Å². The van der Waals surface area contributed by atoms with Crippen molar-refractivity contribution in [2.24, 2.45) is 0 Å². The van der Waals surface area contributed by atoms with Gasteiger partial charge in [0.05, 0.1) is 12.6 Å². The molecule has 0 bridgehead atoms. The summed E-state index contributed by atoms with van der Waals surface area (Å²) in [4.78, 5) is 25.5. The van der Waals surface area contributed by atoms with Crippen molar-refractivity contribution < 1.29 is 24.2 Å². The summed E-state index contributed by atoms with van der Waals surface area (Å²) in [6, 6.07) is 12.4. The second kappa shape index (κ2) is 9.65. The van der Waals surface area contributed by atoms with E-state index in [9.17, 15) is 9.59 Å². The van der Waals surface area contributed by atoms with Crippen molar-refractivity contribution in [1.82, 2.24) is 4.90 Å². The van der Waals surface area contributed by atoms with E-state index in [4.69, 9.17) is 26.2 Å². The number of ether oxygens (including phenoxy) is 2. The highest BCUT2D eigenvalue weighted by Crippen LogP contribution is 2.40. The molecule has 0 fully saturated rings. The highest BCUT2D eigenvalue weighted by atomic mass is 35.5. The number of amides is 1. The predicted molar refractivity (Wildman–Crippen MR) is 110 cm³/mol. The van der Waals surface area contributed by atoms with Gasteiger partial charge in [0.25, 0.3) is 0 Å². The molecule has 7 heteroatoms. The van der Waals surface area contributed by atoms with Gasteiger partial charge >= 0.3 is 12.1 Å². The number of rotatable bonds is 7. The molecule has 1 aliphatic rings. The van der Waals surface area contributed by atoms with Gasteiger partial charge in [0.15, 0.2) is 6.61 Å². The molecule has 0 saturated heterocycles. The van der Waals surface area contributed by atoms with Gasteiger partial charge in [-0.1, -0.05) is 49.2 Å². The number of unbranched alkanes of at least 4 members (excludes halogenated alkanes) is 1. The molecular formula is C22H24ClNO5. The minimum atomic E-state index is -1.08. The van der Waals surface area contributed by atoms with E-state index in [1.807, 2.05) is 31.2 Å². The molecule has 1 aliphatic heterocycles. The van der Waals surface area contributed by atoms with E-state index < -0.39 is 24.7 Å². The number of hydrogen-bond donors (Lipinski definition) is 1. The molecule has 1 atom stereocenters. The van der Waals surface area contributed by atoms with Crippen molar-refractivity contribution >= 4 is 23.7 Å². The standard InChI is InChI=1S/C22H24ClNO5/c1-2-3-12-28-22(27)24-11-10-15-6-4-5-7-17(15)21(24)18-13-16(23)8-9-19(18)29-14-20(25)26/h4-9,13,21H,2-3,10-12,14H2,1H3,(H,25,26). The first kappa shape index (κ1) is 21.0. The maximum Gasteiger partial charge on any atom is 0.410 e. The average molecular weight is 418 g/mol. The van der Waals surface area contributed by atoms with E-state index in [1.54, 1.807) is 23.1 Å². The number of aliphatic carboxylic acids is 1. The van der Waals surface area contributed by atoms with Crippen molar-refractivity contribution in [3.8, 4) is 5.75 Å². The maximum atomic E-state index is 12.9. The molecule has 29 heavy (non-hydrogen) atoms. The van der Waals surface area contributed by atoms with E-state index in [-0.39, 0.29) is 0 Å². The number of fused-ring (bicyclic) bond motifs is 1. The van der Waals surface area contributed by atoms with Crippen LogP contribution in [0.5, 0.6) is 5.75 Å². The predicted octanol–water partition coefficient (Wildman–Crippen LogP) is 4.69. The van der Waals surface area contributed by atoms with Crippen LogP contribution in [0, 0.1) is 0 Å². The summed E-state index contributed by atoms with van der Waals surface area (Å²) in [5.41, 5.74) is 2.71. The number of nitrogens with zero attached hydrogens (tertiary/aromatic N) is 1. The van der Waals surface area contributed by atoms with Crippen LogP contribution in [-0.2, 0) is 16.0 Å². The quantitative estimate of drug-likeness (QED) is 0.661. The highest BCUT2D eigenvalue weighted by Gasteiger charge is 2.35. The molecule has 1 N–H and O–H groups in total. The summed E-state index contributed by atoms with van der Waals surface area (Å²) in [7, 11) is 0. The molecular weight excluding hydrogens is 394 g/mol. The third-order valence-corrected chi connectivity index (χ3v) is 5.09. The van der Waals surface area contributed by atoms with E-state index in [2.05, 4.69) is 0 Å². The van der Waals surface area contributed by atoms with E-state index in [1.165, 1.54) is 0 Å². The first-order chi connectivity index (χ1) is 14.0. The lowest BCUT2D eigenvalue weighted by molar-refractivity contribution is -0.139. The molecule has 0 saturated carbocycles. The smallest absolute Gasteiger partial charge is 0.410 e. The Morgan fingerprint density at radius 3 is 2.76 bits per heavy atom. The number of hydrogen-bond acceptors (Lipinski definition) is 4. The maximum absolute atomic E-state index is 12.9. The van der Waals surface area contributed by atoms with Crippen LogP contribution in [0.15, 0.2) is 42.5 Å². The van der Waals surface area contributed by atoms with E-state index in [0.717, 1.165) is 24.0 Å². The Morgan fingerprint density at radius 2 is 2.00 bits per heavy atom. The Balaban J connectivity index is 2.02. The summed E-state index contributed by atoms with van der Waals surface area (Å²) >= 11 is 6.25. The van der Waals surface area contributed by atoms with Gasteiger partial charge in [-0.2, -0.15) is 0 Å². The zero-order chi connectivity index (χ0) is 20.8. The lowest BCUT2D eigenvalue weighted by Crippen LogP contribution is -2.41. The number of benzene rings is 2. The van der Waals surface area contributed by atoms with Crippen molar-refractivity contribution in [3.05, 3.63) is 64.2 Å². The van der Waals surface area contributed by atoms with Gasteiger partial charge in [-0.15, -0.1) is 0 Å². The van der Waals surface area contributed by atoms with E-state index in [0.29, 0.717) is 35.9 Å². The normalized spacial score (nSPS) is 15.5. The van der Waals surface area contributed by atoms with Gasteiger partial charge < -0.3 is 14.6 Å². The number of carboxylic acid groups (broad SMARTS) is 1. The molecule has 1 amide bonds. The molecule has 2 aromatic carbocycles. The summed E-state index contributed by atoms with van der Waals surface area (Å²) in [5, 5.41) is 9.49. The van der Waals surface area contributed by atoms with Crippen LogP contribution < -0.4 is 4.74 Å². The fourth-order valence-electron chi connectivity index (χ4n) is 3.49. The van der Waals surface area contributed by atoms with Crippen molar-refractivity contribution in [3.63, 3.8) is 0 Å². The average Bonchev–Trinajstić information content (AvgIpc) is 2.72. The highest BCUT2D eigenvalue weighted by molar-refractivity contribution is 6.30. The van der Waals surface area contributed by atoms with Crippen molar-refractivity contribution in [1.29, 1.82) is 0 Å². The summed E-state index contributed by atoms with van der Waals surface area (Å²) in [6.45, 7) is 2.39.